The van der Waals surface area contributed by atoms with E-state index in [1.807, 2.05) is 16.8 Å². The van der Waals surface area contributed by atoms with Crippen molar-refractivity contribution in [3.05, 3.63) is 28.5 Å². The Balaban J connectivity index is 2.94. The molecule has 0 saturated heterocycles. The van der Waals surface area contributed by atoms with Gasteiger partial charge in [0, 0.05) is 5.33 Å². The number of halogens is 1. The molecule has 70 valence electrons. The van der Waals surface area contributed by atoms with E-state index in [1.54, 1.807) is 17.4 Å². The lowest BCUT2D eigenvalue weighted by molar-refractivity contribution is -0.133. The van der Waals surface area contributed by atoms with E-state index in [4.69, 9.17) is 0 Å². The van der Waals surface area contributed by atoms with E-state index in [1.165, 1.54) is 7.11 Å². The van der Waals surface area contributed by atoms with E-state index >= 15 is 0 Å². The molecule has 0 atom stereocenters. The molecule has 0 aliphatic rings. The zero-order chi connectivity index (χ0) is 9.68. The van der Waals surface area contributed by atoms with Crippen LogP contribution in [0.4, 0.5) is 0 Å². The van der Waals surface area contributed by atoms with Crippen LogP contribution in [-0.2, 0) is 9.53 Å². The maximum Gasteiger partial charge on any atom is 0.338 e. The van der Waals surface area contributed by atoms with E-state index < -0.39 is 0 Å². The Morgan fingerprint density at radius 2 is 2.54 bits per heavy atom. The summed E-state index contributed by atoms with van der Waals surface area (Å²) in [4.78, 5) is 11.3. The number of hydrogen-bond acceptors (Lipinski definition) is 3. The topological polar surface area (TPSA) is 26.3 Å². The van der Waals surface area contributed by atoms with Crippen LogP contribution in [0.25, 0.3) is 5.57 Å². The molecule has 0 saturated carbocycles. The lowest BCUT2D eigenvalue weighted by Gasteiger charge is -2.01. The van der Waals surface area contributed by atoms with Crippen molar-refractivity contribution >= 4 is 38.8 Å². The average molecular weight is 261 g/mol. The largest absolute Gasteiger partial charge is 0.465 e. The van der Waals surface area contributed by atoms with Gasteiger partial charge in [-0.2, -0.15) is 11.3 Å². The van der Waals surface area contributed by atoms with Crippen LogP contribution in [0, 0.1) is 0 Å². The second kappa shape index (κ2) is 5.19. The van der Waals surface area contributed by atoms with E-state index in [0.29, 0.717) is 10.9 Å². The smallest absolute Gasteiger partial charge is 0.338 e. The summed E-state index contributed by atoms with van der Waals surface area (Å²) >= 11 is 4.81. The van der Waals surface area contributed by atoms with Crippen molar-refractivity contribution in [1.29, 1.82) is 0 Å². The highest BCUT2D eigenvalue weighted by Gasteiger charge is 2.11. The highest BCUT2D eigenvalue weighted by molar-refractivity contribution is 9.09. The van der Waals surface area contributed by atoms with Crippen molar-refractivity contribution in [2.24, 2.45) is 0 Å². The van der Waals surface area contributed by atoms with Crippen LogP contribution < -0.4 is 0 Å². The predicted molar refractivity (Wildman–Crippen MR) is 58.1 cm³/mol. The van der Waals surface area contributed by atoms with Crippen molar-refractivity contribution < 1.29 is 9.53 Å². The Kier molecular flexibility index (Phi) is 4.18. The number of ether oxygens (including phenoxy) is 1. The van der Waals surface area contributed by atoms with Crippen LogP contribution in [0.15, 0.2) is 22.9 Å². The number of rotatable bonds is 3. The van der Waals surface area contributed by atoms with Crippen LogP contribution >= 0.6 is 27.3 Å². The SMILES string of the molecule is COC(=O)C(=CCBr)c1ccsc1. The molecule has 1 rings (SSSR count). The quantitative estimate of drug-likeness (QED) is 0.475. The Morgan fingerprint density at radius 3 is 3.00 bits per heavy atom. The van der Waals surface area contributed by atoms with Gasteiger partial charge in [0.1, 0.15) is 0 Å². The van der Waals surface area contributed by atoms with Gasteiger partial charge < -0.3 is 4.74 Å². The molecule has 0 unspecified atom stereocenters. The molecule has 0 fully saturated rings. The minimum absolute atomic E-state index is 0.294. The van der Waals surface area contributed by atoms with Gasteiger partial charge >= 0.3 is 5.97 Å². The second-order valence-electron chi connectivity index (χ2n) is 2.28. The Labute approximate surface area is 89.3 Å². The number of alkyl halides is 1. The molecule has 1 aromatic heterocycles. The van der Waals surface area contributed by atoms with Crippen LogP contribution in [0.5, 0.6) is 0 Å². The normalized spacial score (nSPS) is 11.4. The van der Waals surface area contributed by atoms with Gasteiger partial charge in [0.2, 0.25) is 0 Å². The first kappa shape index (κ1) is 10.5. The molecular weight excluding hydrogens is 252 g/mol. The zero-order valence-electron chi connectivity index (χ0n) is 7.12. The fourth-order valence-corrected chi connectivity index (χ4v) is 1.90. The minimum Gasteiger partial charge on any atom is -0.465 e. The second-order valence-corrected chi connectivity index (χ2v) is 3.70. The van der Waals surface area contributed by atoms with E-state index in [0.717, 1.165) is 5.56 Å². The first-order valence-corrected chi connectivity index (χ1v) is 5.73. The molecule has 1 aromatic rings. The summed E-state index contributed by atoms with van der Waals surface area (Å²) in [5.74, 6) is -0.294. The van der Waals surface area contributed by atoms with Gasteiger partial charge in [-0.25, -0.2) is 4.79 Å². The summed E-state index contributed by atoms with van der Waals surface area (Å²) in [6.07, 6.45) is 1.80. The molecule has 4 heteroatoms. The van der Waals surface area contributed by atoms with Gasteiger partial charge in [-0.3, -0.25) is 0 Å². The number of esters is 1. The summed E-state index contributed by atoms with van der Waals surface area (Å²) in [5.41, 5.74) is 1.52. The van der Waals surface area contributed by atoms with Crippen LogP contribution in [0.3, 0.4) is 0 Å². The molecule has 0 radical (unpaired) electrons. The third-order valence-corrected chi connectivity index (χ3v) is 2.53. The van der Waals surface area contributed by atoms with Crippen molar-refractivity contribution in [3.63, 3.8) is 0 Å². The van der Waals surface area contributed by atoms with Crippen LogP contribution in [-0.4, -0.2) is 18.4 Å². The number of allylic oxidation sites excluding steroid dienone is 1. The molecule has 13 heavy (non-hydrogen) atoms. The molecule has 2 nitrogen and oxygen atoms in total. The highest BCUT2D eigenvalue weighted by Crippen LogP contribution is 2.19. The fraction of sp³-hybridized carbons (Fsp3) is 0.222. The van der Waals surface area contributed by atoms with Crippen LogP contribution in [0.2, 0.25) is 0 Å². The fourth-order valence-electron chi connectivity index (χ4n) is 0.924. The summed E-state index contributed by atoms with van der Waals surface area (Å²) in [7, 11) is 1.39. The van der Waals surface area contributed by atoms with Gasteiger partial charge in [0.25, 0.3) is 0 Å². The van der Waals surface area contributed by atoms with E-state index in [2.05, 4.69) is 20.7 Å². The van der Waals surface area contributed by atoms with E-state index in [9.17, 15) is 4.79 Å². The Bertz CT molecular complexity index is 303. The lowest BCUT2D eigenvalue weighted by atomic mass is 10.1. The molecule has 0 spiro atoms. The molecule has 0 aliphatic heterocycles. The maximum atomic E-state index is 11.3. The number of methoxy groups -OCH3 is 1. The lowest BCUT2D eigenvalue weighted by Crippen LogP contribution is -2.03. The standard InChI is InChI=1S/C9H9BrO2S/c1-12-9(11)8(2-4-10)7-3-5-13-6-7/h2-3,5-6H,4H2,1H3. The third kappa shape index (κ3) is 2.67. The summed E-state index contributed by atoms with van der Waals surface area (Å²) in [6.45, 7) is 0. The molecule has 0 bridgehead atoms. The number of hydrogen-bond donors (Lipinski definition) is 0. The average Bonchev–Trinajstić information content (AvgIpc) is 2.65. The number of carbonyl (C=O) groups is 1. The number of thiophene rings is 1. The van der Waals surface area contributed by atoms with Gasteiger partial charge in [0.05, 0.1) is 12.7 Å². The van der Waals surface area contributed by atoms with Crippen LogP contribution in [0.1, 0.15) is 5.56 Å². The monoisotopic (exact) mass is 260 g/mol. The molecule has 0 N–H and O–H groups in total. The van der Waals surface area contributed by atoms with Crippen molar-refractivity contribution in [2.75, 3.05) is 12.4 Å². The Morgan fingerprint density at radius 1 is 1.77 bits per heavy atom. The third-order valence-electron chi connectivity index (χ3n) is 1.52. The summed E-state index contributed by atoms with van der Waals surface area (Å²) < 4.78 is 4.67. The summed E-state index contributed by atoms with van der Waals surface area (Å²) in [6, 6.07) is 1.90. The first-order valence-electron chi connectivity index (χ1n) is 3.66. The molecule has 0 amide bonds. The van der Waals surface area contributed by atoms with Gasteiger partial charge in [-0.15, -0.1) is 0 Å². The summed E-state index contributed by atoms with van der Waals surface area (Å²) in [5, 5.41) is 4.50. The van der Waals surface area contributed by atoms with Gasteiger partial charge in [0.15, 0.2) is 0 Å². The van der Waals surface area contributed by atoms with E-state index in [-0.39, 0.29) is 5.97 Å². The molecule has 0 aliphatic carbocycles. The number of carbonyl (C=O) groups excluding carboxylic acids is 1. The Hall–Kier alpha value is -0.610. The van der Waals surface area contributed by atoms with Gasteiger partial charge in [-0.1, -0.05) is 22.0 Å². The van der Waals surface area contributed by atoms with Gasteiger partial charge in [-0.05, 0) is 22.4 Å². The van der Waals surface area contributed by atoms with Crippen molar-refractivity contribution in [2.45, 2.75) is 0 Å². The first-order chi connectivity index (χ1) is 6.29. The predicted octanol–water partition coefficient (Wildman–Crippen LogP) is 2.70. The van der Waals surface area contributed by atoms with Crippen molar-refractivity contribution in [3.8, 4) is 0 Å². The molecule has 1 heterocycles. The highest BCUT2D eigenvalue weighted by atomic mass is 79.9. The zero-order valence-corrected chi connectivity index (χ0v) is 9.52. The van der Waals surface area contributed by atoms with Crippen molar-refractivity contribution in [1.82, 2.24) is 0 Å². The molecule has 0 aromatic carbocycles. The maximum absolute atomic E-state index is 11.3. The minimum atomic E-state index is -0.294. The molecular formula is C9H9BrO2S.